The minimum atomic E-state index is -4.54. The summed E-state index contributed by atoms with van der Waals surface area (Å²) >= 11 is 2.81. The zero-order chi connectivity index (χ0) is 17.6. The molecular formula is C14H17BrClF3N2O3. The van der Waals surface area contributed by atoms with Crippen LogP contribution in [-0.2, 0) is 15.8 Å². The van der Waals surface area contributed by atoms with Crippen LogP contribution < -0.4 is 5.32 Å². The van der Waals surface area contributed by atoms with Crippen LogP contribution in [0.3, 0.4) is 0 Å². The maximum absolute atomic E-state index is 12.8. The van der Waals surface area contributed by atoms with Crippen molar-refractivity contribution >= 4 is 45.9 Å². The van der Waals surface area contributed by atoms with Gasteiger partial charge in [0.05, 0.1) is 18.7 Å². The van der Waals surface area contributed by atoms with Gasteiger partial charge in [0, 0.05) is 10.2 Å². The minimum absolute atomic E-state index is 0. The van der Waals surface area contributed by atoms with Crippen molar-refractivity contribution in [2.45, 2.75) is 19.5 Å². The molecule has 1 rings (SSSR count). The number of nitrogens with zero attached hydrogens (tertiary/aromatic N) is 1. The third kappa shape index (κ3) is 7.50. The van der Waals surface area contributed by atoms with Crippen LogP contribution >= 0.6 is 28.3 Å². The van der Waals surface area contributed by atoms with Crippen LogP contribution in [0.4, 0.5) is 18.9 Å². The summed E-state index contributed by atoms with van der Waals surface area (Å²) < 4.78 is 38.3. The molecule has 1 aromatic rings. The molecule has 136 valence electrons. The maximum atomic E-state index is 12.8. The van der Waals surface area contributed by atoms with Crippen LogP contribution in [0.15, 0.2) is 22.7 Å². The van der Waals surface area contributed by atoms with Gasteiger partial charge in [0.1, 0.15) is 0 Å². The second-order valence-corrected chi connectivity index (χ2v) is 5.70. The van der Waals surface area contributed by atoms with Gasteiger partial charge in [-0.25, -0.2) is 0 Å². The number of halogens is 5. The highest BCUT2D eigenvalue weighted by Gasteiger charge is 2.33. The number of carbonyl (C=O) groups is 2. The van der Waals surface area contributed by atoms with Crippen LogP contribution in [0.1, 0.15) is 18.9 Å². The average molecular weight is 434 g/mol. The predicted octanol–water partition coefficient (Wildman–Crippen LogP) is 3.62. The van der Waals surface area contributed by atoms with Crippen molar-refractivity contribution in [3.8, 4) is 0 Å². The lowest BCUT2D eigenvalue weighted by Crippen LogP contribution is -2.37. The monoisotopic (exact) mass is 432 g/mol. The lowest BCUT2D eigenvalue weighted by Gasteiger charge is -2.19. The van der Waals surface area contributed by atoms with E-state index in [4.69, 9.17) is 5.11 Å². The van der Waals surface area contributed by atoms with Crippen LogP contribution in [-0.4, -0.2) is 41.5 Å². The summed E-state index contributed by atoms with van der Waals surface area (Å²) in [6, 6.07) is 3.35. The first-order valence-corrected chi connectivity index (χ1v) is 7.53. The molecule has 1 aromatic carbocycles. The Morgan fingerprint density at radius 3 is 2.42 bits per heavy atom. The smallest absolute Gasteiger partial charge is 0.417 e. The number of aliphatic carboxylic acids is 1. The predicted molar refractivity (Wildman–Crippen MR) is 89.4 cm³/mol. The average Bonchev–Trinajstić information content (AvgIpc) is 2.39. The SMILES string of the molecule is CCCN(CC(=O)O)CC(=O)Nc1ccc(Br)c(C(F)(F)F)c1.Cl. The first-order valence-electron chi connectivity index (χ1n) is 6.74. The fraction of sp³-hybridized carbons (Fsp3) is 0.429. The molecule has 0 fully saturated rings. The Morgan fingerprint density at radius 1 is 1.29 bits per heavy atom. The molecule has 0 atom stereocenters. The molecule has 1 amide bonds. The van der Waals surface area contributed by atoms with Crippen molar-refractivity contribution in [2.75, 3.05) is 25.0 Å². The first-order chi connectivity index (χ1) is 10.6. The third-order valence-electron chi connectivity index (χ3n) is 2.82. The largest absolute Gasteiger partial charge is 0.480 e. The number of nitrogens with one attached hydrogen (secondary N) is 1. The number of alkyl halides is 3. The van der Waals surface area contributed by atoms with E-state index in [0.29, 0.717) is 13.0 Å². The molecule has 2 N–H and O–H groups in total. The normalized spacial score (nSPS) is 11.1. The first kappa shape index (κ1) is 22.7. The molecule has 0 saturated heterocycles. The van der Waals surface area contributed by atoms with Gasteiger partial charge in [-0.15, -0.1) is 12.4 Å². The Kier molecular flexibility index (Phi) is 9.31. The van der Waals surface area contributed by atoms with Gasteiger partial charge >= 0.3 is 12.1 Å². The van der Waals surface area contributed by atoms with Crippen LogP contribution in [0.25, 0.3) is 0 Å². The number of carboxylic acid groups (broad SMARTS) is 1. The summed E-state index contributed by atoms with van der Waals surface area (Å²) in [6.45, 7) is 1.71. The van der Waals surface area contributed by atoms with Crippen molar-refractivity contribution < 1.29 is 27.9 Å². The molecule has 24 heavy (non-hydrogen) atoms. The molecule has 0 saturated carbocycles. The molecule has 0 aliphatic heterocycles. The number of carbonyl (C=O) groups excluding carboxylic acids is 1. The third-order valence-corrected chi connectivity index (χ3v) is 3.51. The Balaban J connectivity index is 0.00000529. The molecule has 10 heteroatoms. The van der Waals surface area contributed by atoms with Crippen molar-refractivity contribution in [3.63, 3.8) is 0 Å². The number of anilines is 1. The summed E-state index contributed by atoms with van der Waals surface area (Å²) in [7, 11) is 0. The summed E-state index contributed by atoms with van der Waals surface area (Å²) in [6.07, 6.45) is -3.89. The number of benzene rings is 1. The van der Waals surface area contributed by atoms with Crippen molar-refractivity contribution in [1.82, 2.24) is 4.90 Å². The molecule has 5 nitrogen and oxygen atoms in total. The van der Waals surface area contributed by atoms with Gasteiger partial charge < -0.3 is 10.4 Å². The van der Waals surface area contributed by atoms with Crippen molar-refractivity contribution in [1.29, 1.82) is 0 Å². The number of amides is 1. The second-order valence-electron chi connectivity index (χ2n) is 4.84. The lowest BCUT2D eigenvalue weighted by molar-refractivity contribution is -0.139. The van der Waals surface area contributed by atoms with Gasteiger partial charge in [-0.2, -0.15) is 13.2 Å². The fourth-order valence-corrected chi connectivity index (χ4v) is 2.42. The molecule has 0 aromatic heterocycles. The van der Waals surface area contributed by atoms with Crippen molar-refractivity contribution in [2.24, 2.45) is 0 Å². The lowest BCUT2D eigenvalue weighted by atomic mass is 10.2. The van der Waals surface area contributed by atoms with Gasteiger partial charge in [-0.05, 0) is 31.2 Å². The quantitative estimate of drug-likeness (QED) is 0.689. The summed E-state index contributed by atoms with van der Waals surface area (Å²) in [5.74, 6) is -1.65. The van der Waals surface area contributed by atoms with Gasteiger partial charge in [0.25, 0.3) is 0 Å². The number of carboxylic acids is 1. The Hall–Kier alpha value is -1.32. The summed E-state index contributed by atoms with van der Waals surface area (Å²) in [4.78, 5) is 24.0. The Labute approximate surface area is 151 Å². The zero-order valence-corrected chi connectivity index (χ0v) is 15.1. The van der Waals surface area contributed by atoms with Gasteiger partial charge in [0.15, 0.2) is 0 Å². The molecule has 0 radical (unpaired) electrons. The molecule has 0 aliphatic carbocycles. The van der Waals surface area contributed by atoms with E-state index in [-0.39, 0.29) is 35.7 Å². The fourth-order valence-electron chi connectivity index (χ4n) is 1.95. The highest BCUT2D eigenvalue weighted by molar-refractivity contribution is 9.10. The standard InChI is InChI=1S/C14H16BrF3N2O3.ClH/c1-2-5-20(8-13(22)23)7-12(21)19-9-3-4-11(15)10(6-9)14(16,17)18;/h3-4,6H,2,5,7-8H2,1H3,(H,19,21)(H,22,23);1H. The van der Waals surface area contributed by atoms with E-state index in [0.717, 1.165) is 6.07 Å². The molecule has 0 bridgehead atoms. The van der Waals surface area contributed by atoms with E-state index >= 15 is 0 Å². The van der Waals surface area contributed by atoms with Gasteiger partial charge in [-0.1, -0.05) is 22.9 Å². The molecular weight excluding hydrogens is 417 g/mol. The highest BCUT2D eigenvalue weighted by Crippen LogP contribution is 2.36. The van der Waals surface area contributed by atoms with E-state index in [1.165, 1.54) is 17.0 Å². The summed E-state index contributed by atoms with van der Waals surface area (Å²) in [5.41, 5.74) is -0.899. The second kappa shape index (κ2) is 9.85. The topological polar surface area (TPSA) is 69.6 Å². The Morgan fingerprint density at radius 2 is 1.92 bits per heavy atom. The van der Waals surface area contributed by atoms with E-state index in [9.17, 15) is 22.8 Å². The molecule has 0 unspecified atom stereocenters. The van der Waals surface area contributed by atoms with Crippen LogP contribution in [0.5, 0.6) is 0 Å². The molecule has 0 heterocycles. The molecule has 0 aliphatic rings. The number of hydrogen-bond acceptors (Lipinski definition) is 3. The van der Waals surface area contributed by atoms with Crippen LogP contribution in [0.2, 0.25) is 0 Å². The number of rotatable bonds is 7. The highest BCUT2D eigenvalue weighted by atomic mass is 79.9. The van der Waals surface area contributed by atoms with E-state index < -0.39 is 23.6 Å². The van der Waals surface area contributed by atoms with Gasteiger partial charge in [-0.3, -0.25) is 14.5 Å². The number of hydrogen-bond donors (Lipinski definition) is 2. The van der Waals surface area contributed by atoms with E-state index in [1.54, 1.807) is 0 Å². The maximum Gasteiger partial charge on any atom is 0.417 e. The van der Waals surface area contributed by atoms with Crippen molar-refractivity contribution in [3.05, 3.63) is 28.2 Å². The van der Waals surface area contributed by atoms with Gasteiger partial charge in [0.2, 0.25) is 5.91 Å². The van der Waals surface area contributed by atoms with E-state index in [1.807, 2.05) is 6.92 Å². The van der Waals surface area contributed by atoms with Crippen LogP contribution in [0, 0.1) is 0 Å². The van der Waals surface area contributed by atoms with E-state index in [2.05, 4.69) is 21.2 Å². The summed E-state index contributed by atoms with van der Waals surface area (Å²) in [5, 5.41) is 11.1. The minimum Gasteiger partial charge on any atom is -0.480 e. The zero-order valence-electron chi connectivity index (χ0n) is 12.7. The Bertz CT molecular complexity index is 585. The molecule has 0 spiro atoms.